The van der Waals surface area contributed by atoms with Crippen molar-refractivity contribution in [2.45, 2.75) is 38.1 Å². The van der Waals surface area contributed by atoms with Crippen molar-refractivity contribution in [2.24, 2.45) is 5.73 Å². The van der Waals surface area contributed by atoms with Crippen LogP contribution in [0.5, 0.6) is 0 Å². The fourth-order valence-electron chi connectivity index (χ4n) is 5.36. The number of rotatable bonds is 9. The van der Waals surface area contributed by atoms with Crippen LogP contribution < -0.4 is 11.1 Å². The Morgan fingerprint density at radius 3 is 2.77 bits per heavy atom. The maximum Gasteiger partial charge on any atom is 0.334 e. The average Bonchev–Trinajstić information content (AvgIpc) is 3.43. The molecule has 4 amide bonds. The molecule has 2 atom stereocenters. The van der Waals surface area contributed by atoms with Gasteiger partial charge in [-0.05, 0) is 36.6 Å². The van der Waals surface area contributed by atoms with E-state index in [2.05, 4.69) is 16.9 Å². The molecule has 3 N–H and O–H groups in total. The van der Waals surface area contributed by atoms with E-state index < -0.39 is 12.2 Å². The third-order valence-corrected chi connectivity index (χ3v) is 7.95. The maximum atomic E-state index is 13.8. The molecule has 10 nitrogen and oxygen atoms in total. The fraction of sp³-hybridized carbons (Fsp3) is 0.357. The van der Waals surface area contributed by atoms with Crippen LogP contribution in [0.2, 0.25) is 0 Å². The van der Waals surface area contributed by atoms with Gasteiger partial charge in [-0.1, -0.05) is 48.5 Å². The Morgan fingerprint density at radius 2 is 2.00 bits per heavy atom. The summed E-state index contributed by atoms with van der Waals surface area (Å²) in [4.78, 5) is 48.8. The number of urea groups is 1. The third-order valence-electron chi connectivity index (χ3n) is 7.15. The number of nitrogens with zero attached hydrogens (tertiary/aromatic N) is 5. The van der Waals surface area contributed by atoms with Gasteiger partial charge in [-0.25, -0.2) is 19.8 Å². The van der Waals surface area contributed by atoms with Gasteiger partial charge < -0.3 is 20.9 Å². The van der Waals surface area contributed by atoms with Gasteiger partial charge in [0.1, 0.15) is 12.2 Å². The highest BCUT2D eigenvalue weighted by Gasteiger charge is 2.51. The first kappa shape index (κ1) is 26.8. The molecule has 0 radical (unpaired) electrons. The van der Waals surface area contributed by atoms with E-state index in [0.717, 1.165) is 21.3 Å². The molecular formula is C28H33N7O3S. The molecule has 0 spiro atoms. The lowest BCUT2D eigenvalue weighted by molar-refractivity contribution is -0.190. The number of hydrogen-bond donors (Lipinski definition) is 2. The van der Waals surface area contributed by atoms with Crippen LogP contribution in [0, 0.1) is 0 Å². The summed E-state index contributed by atoms with van der Waals surface area (Å²) in [6, 6.07) is 14.5. The number of piperazine rings is 1. The molecule has 3 heterocycles. The van der Waals surface area contributed by atoms with E-state index in [4.69, 9.17) is 5.73 Å². The monoisotopic (exact) mass is 547 g/mol. The van der Waals surface area contributed by atoms with E-state index in [1.807, 2.05) is 48.5 Å². The summed E-state index contributed by atoms with van der Waals surface area (Å²) in [7, 11) is 0. The molecule has 1 aromatic heterocycles. The second-order valence-electron chi connectivity index (χ2n) is 9.69. The van der Waals surface area contributed by atoms with Crippen LogP contribution in [0.15, 0.2) is 66.7 Å². The highest BCUT2D eigenvalue weighted by atomic mass is 32.1. The molecule has 2 fully saturated rings. The number of carbonyl (C=O) groups is 3. The van der Waals surface area contributed by atoms with Gasteiger partial charge in [-0.15, -0.1) is 17.9 Å². The molecule has 39 heavy (non-hydrogen) atoms. The van der Waals surface area contributed by atoms with Gasteiger partial charge in [0.15, 0.2) is 0 Å². The number of aromatic nitrogens is 1. The van der Waals surface area contributed by atoms with Crippen molar-refractivity contribution < 1.29 is 14.4 Å². The largest absolute Gasteiger partial charge is 0.334 e. The van der Waals surface area contributed by atoms with E-state index in [-0.39, 0.29) is 30.9 Å². The van der Waals surface area contributed by atoms with E-state index in [1.165, 1.54) is 0 Å². The van der Waals surface area contributed by atoms with Gasteiger partial charge in [0.05, 0.1) is 28.8 Å². The van der Waals surface area contributed by atoms with E-state index >= 15 is 0 Å². The van der Waals surface area contributed by atoms with Gasteiger partial charge in [0.2, 0.25) is 11.8 Å². The topological polar surface area (TPSA) is 115 Å². The van der Waals surface area contributed by atoms with Crippen LogP contribution in [0.3, 0.4) is 0 Å². The summed E-state index contributed by atoms with van der Waals surface area (Å²) in [6.45, 7) is 5.36. The van der Waals surface area contributed by atoms with Crippen LogP contribution in [-0.4, -0.2) is 81.0 Å². The van der Waals surface area contributed by atoms with Gasteiger partial charge >= 0.3 is 6.03 Å². The highest BCUT2D eigenvalue weighted by Crippen LogP contribution is 2.30. The van der Waals surface area contributed by atoms with Crippen molar-refractivity contribution in [3.8, 4) is 0 Å². The summed E-state index contributed by atoms with van der Waals surface area (Å²) >= 11 is 1.55. The number of benzene rings is 2. The van der Waals surface area contributed by atoms with Crippen molar-refractivity contribution in [2.75, 3.05) is 26.2 Å². The zero-order valence-electron chi connectivity index (χ0n) is 21.7. The Balaban J connectivity index is 1.47. The second kappa shape index (κ2) is 11.9. The SMILES string of the molecule is C=CCN1CC(=O)N2[C@@H](CCCN)C(=O)N(Cc3cccc4scnc34)C[C@@H]2N1C(=O)NCc1ccccc1. The van der Waals surface area contributed by atoms with E-state index in [0.29, 0.717) is 39.0 Å². The highest BCUT2D eigenvalue weighted by molar-refractivity contribution is 7.16. The predicted molar refractivity (Wildman–Crippen MR) is 150 cm³/mol. The first-order chi connectivity index (χ1) is 19.0. The Morgan fingerprint density at radius 1 is 1.18 bits per heavy atom. The smallest absolute Gasteiger partial charge is 0.333 e. The molecule has 0 bridgehead atoms. The van der Waals surface area contributed by atoms with Gasteiger partial charge in [-0.3, -0.25) is 9.59 Å². The molecule has 2 aliphatic heterocycles. The van der Waals surface area contributed by atoms with Crippen LogP contribution in [0.4, 0.5) is 4.79 Å². The summed E-state index contributed by atoms with van der Waals surface area (Å²) in [5, 5.41) is 6.29. The molecule has 2 aromatic carbocycles. The van der Waals surface area contributed by atoms with Crippen molar-refractivity contribution in [3.05, 3.63) is 77.8 Å². The minimum Gasteiger partial charge on any atom is -0.333 e. The van der Waals surface area contributed by atoms with Crippen LogP contribution in [0.25, 0.3) is 10.2 Å². The molecule has 204 valence electrons. The summed E-state index contributed by atoms with van der Waals surface area (Å²) < 4.78 is 1.05. The Bertz CT molecular complexity index is 1350. The molecule has 2 aliphatic rings. The molecule has 0 aliphatic carbocycles. The van der Waals surface area contributed by atoms with Crippen molar-refractivity contribution in [3.63, 3.8) is 0 Å². The zero-order valence-corrected chi connectivity index (χ0v) is 22.6. The average molecular weight is 548 g/mol. The molecule has 5 rings (SSSR count). The molecule has 0 saturated carbocycles. The van der Waals surface area contributed by atoms with Crippen molar-refractivity contribution in [1.29, 1.82) is 0 Å². The lowest BCUT2D eigenvalue weighted by atomic mass is 10.0. The Kier molecular flexibility index (Phi) is 8.20. The third kappa shape index (κ3) is 5.51. The number of fused-ring (bicyclic) bond motifs is 2. The molecular weight excluding hydrogens is 514 g/mol. The Hall–Kier alpha value is -3.80. The quantitative estimate of drug-likeness (QED) is 0.398. The lowest BCUT2D eigenvalue weighted by Gasteiger charge is -2.55. The van der Waals surface area contributed by atoms with E-state index in [9.17, 15) is 14.4 Å². The molecule has 11 heteroatoms. The minimum atomic E-state index is -0.704. The molecule has 0 unspecified atom stereocenters. The first-order valence-corrected chi connectivity index (χ1v) is 14.0. The first-order valence-electron chi connectivity index (χ1n) is 13.1. The van der Waals surface area contributed by atoms with Gasteiger partial charge in [0.25, 0.3) is 0 Å². The lowest BCUT2D eigenvalue weighted by Crippen LogP contribution is -2.76. The van der Waals surface area contributed by atoms with E-state index in [1.54, 1.807) is 42.7 Å². The van der Waals surface area contributed by atoms with Crippen LogP contribution in [-0.2, 0) is 22.7 Å². The van der Waals surface area contributed by atoms with Crippen LogP contribution >= 0.6 is 11.3 Å². The molecule has 3 aromatic rings. The number of thiazole rings is 1. The standard InChI is InChI=1S/C28H33N7O3S/c1-2-14-33-18-25(36)34-22(11-7-13-29)27(37)32(16-21-10-6-12-23-26(21)31-19-39-23)17-24(34)35(33)28(38)30-15-20-8-4-3-5-9-20/h2-6,8-10,12,19,22,24H,1,7,11,13-18,29H2,(H,30,38)/t22-,24-/m0/s1. The van der Waals surface area contributed by atoms with Gasteiger partial charge in [-0.2, -0.15) is 0 Å². The van der Waals surface area contributed by atoms with Crippen molar-refractivity contribution >= 4 is 39.4 Å². The maximum absolute atomic E-state index is 13.8. The zero-order chi connectivity index (χ0) is 27.4. The van der Waals surface area contributed by atoms with Crippen LogP contribution in [0.1, 0.15) is 24.0 Å². The summed E-state index contributed by atoms with van der Waals surface area (Å²) in [5.74, 6) is -0.326. The number of nitrogens with two attached hydrogens (primary N) is 1. The minimum absolute atomic E-state index is 0.0220. The number of para-hydroxylation sites is 1. The number of nitrogens with one attached hydrogen (secondary N) is 1. The summed E-state index contributed by atoms with van der Waals surface area (Å²) in [5.41, 5.74) is 10.4. The fourth-order valence-corrected chi connectivity index (χ4v) is 6.09. The Labute approximate surface area is 231 Å². The predicted octanol–water partition coefficient (Wildman–Crippen LogP) is 2.53. The van der Waals surface area contributed by atoms with Gasteiger partial charge in [0, 0.05) is 19.6 Å². The molecule has 2 saturated heterocycles. The second-order valence-corrected chi connectivity index (χ2v) is 10.6. The number of amides is 4. The number of hydrogen-bond acceptors (Lipinski definition) is 7. The van der Waals surface area contributed by atoms with Crippen molar-refractivity contribution in [1.82, 2.24) is 30.1 Å². The normalized spacial score (nSPS) is 19.9. The summed E-state index contributed by atoms with van der Waals surface area (Å²) in [6.07, 6.45) is 2.01. The number of carbonyl (C=O) groups excluding carboxylic acids is 3. The number of hydrazine groups is 1.